The minimum Gasteiger partial charge on any atom is -0.340 e. The smallest absolute Gasteiger partial charge is 0.262 e. The van der Waals surface area contributed by atoms with E-state index in [1.54, 1.807) is 30.5 Å². The van der Waals surface area contributed by atoms with E-state index >= 15 is 0 Å². The van der Waals surface area contributed by atoms with Crippen LogP contribution in [0.2, 0.25) is 5.02 Å². The Balaban J connectivity index is 1.98. The first-order chi connectivity index (χ1) is 13.3. The van der Waals surface area contributed by atoms with E-state index in [-0.39, 0.29) is 17.7 Å². The first-order valence-electron chi connectivity index (χ1n) is 9.27. The summed E-state index contributed by atoms with van der Waals surface area (Å²) in [4.78, 5) is 24.9. The van der Waals surface area contributed by atoms with Gasteiger partial charge in [-0.2, -0.15) is 5.10 Å². The Hall–Kier alpha value is -2.66. The van der Waals surface area contributed by atoms with Crippen LogP contribution in [0.1, 0.15) is 55.1 Å². The van der Waals surface area contributed by atoms with E-state index in [2.05, 4.69) is 29.7 Å². The van der Waals surface area contributed by atoms with E-state index in [1.807, 2.05) is 38.1 Å². The van der Waals surface area contributed by atoms with E-state index in [4.69, 9.17) is 11.6 Å². The molecule has 2 amide bonds. The third kappa shape index (κ3) is 6.20. The average molecular weight is 400 g/mol. The average Bonchev–Trinajstić information content (AvgIpc) is 2.66. The normalized spacial score (nSPS) is 12.4. The van der Waals surface area contributed by atoms with Crippen LogP contribution in [0.15, 0.2) is 53.6 Å². The summed E-state index contributed by atoms with van der Waals surface area (Å²) in [6.07, 6.45) is 1.58. The van der Waals surface area contributed by atoms with Gasteiger partial charge in [0.2, 0.25) is 0 Å². The fourth-order valence-corrected chi connectivity index (χ4v) is 2.69. The third-order valence-corrected chi connectivity index (χ3v) is 4.59. The van der Waals surface area contributed by atoms with Gasteiger partial charge in [-0.15, -0.1) is 0 Å². The van der Waals surface area contributed by atoms with Gasteiger partial charge < -0.3 is 5.32 Å². The predicted molar refractivity (Wildman–Crippen MR) is 114 cm³/mol. The number of benzene rings is 2. The second kappa shape index (κ2) is 10.0. The Kier molecular flexibility index (Phi) is 7.76. The first-order valence-corrected chi connectivity index (χ1v) is 9.65. The molecule has 0 fully saturated rings. The lowest BCUT2D eigenvalue weighted by Crippen LogP contribution is -2.48. The van der Waals surface area contributed by atoms with Gasteiger partial charge in [0.05, 0.1) is 6.21 Å². The maximum absolute atomic E-state index is 12.5. The van der Waals surface area contributed by atoms with Crippen LogP contribution in [-0.2, 0) is 4.79 Å². The molecule has 2 aromatic rings. The van der Waals surface area contributed by atoms with Crippen molar-refractivity contribution < 1.29 is 9.59 Å². The topological polar surface area (TPSA) is 70.6 Å². The van der Waals surface area contributed by atoms with Crippen LogP contribution in [0.25, 0.3) is 0 Å². The van der Waals surface area contributed by atoms with Crippen molar-refractivity contribution in [3.63, 3.8) is 0 Å². The molecule has 2 N–H and O–H groups in total. The summed E-state index contributed by atoms with van der Waals surface area (Å²) in [5.41, 5.74) is 5.08. The molecule has 0 radical (unpaired) electrons. The fourth-order valence-electron chi connectivity index (χ4n) is 2.57. The summed E-state index contributed by atoms with van der Waals surface area (Å²) in [5, 5.41) is 7.32. The summed E-state index contributed by atoms with van der Waals surface area (Å²) >= 11 is 5.84. The molecular weight excluding hydrogens is 374 g/mol. The number of rotatable bonds is 7. The quantitative estimate of drug-likeness (QED) is 0.536. The zero-order valence-electron chi connectivity index (χ0n) is 16.6. The van der Waals surface area contributed by atoms with Crippen LogP contribution in [0.3, 0.4) is 0 Å². The number of hydrazone groups is 1. The lowest BCUT2D eigenvalue weighted by Gasteiger charge is -2.20. The number of nitrogens with zero attached hydrogens (tertiary/aromatic N) is 1. The van der Waals surface area contributed by atoms with Gasteiger partial charge in [-0.1, -0.05) is 63.6 Å². The molecular formula is C22H26ClN3O2. The number of carbonyl (C=O) groups is 2. The van der Waals surface area contributed by atoms with Crippen molar-refractivity contribution >= 4 is 29.6 Å². The minimum absolute atomic E-state index is 0.100. The van der Waals surface area contributed by atoms with E-state index < -0.39 is 6.04 Å². The van der Waals surface area contributed by atoms with E-state index in [0.717, 1.165) is 5.56 Å². The van der Waals surface area contributed by atoms with Gasteiger partial charge >= 0.3 is 0 Å². The summed E-state index contributed by atoms with van der Waals surface area (Å²) in [5.74, 6) is -0.343. The van der Waals surface area contributed by atoms with Crippen LogP contribution in [-0.4, -0.2) is 24.1 Å². The van der Waals surface area contributed by atoms with Gasteiger partial charge in [0.15, 0.2) is 0 Å². The van der Waals surface area contributed by atoms with Crippen LogP contribution >= 0.6 is 11.6 Å². The van der Waals surface area contributed by atoms with Crippen molar-refractivity contribution in [3.8, 4) is 0 Å². The van der Waals surface area contributed by atoms with E-state index in [0.29, 0.717) is 16.5 Å². The van der Waals surface area contributed by atoms with E-state index in [9.17, 15) is 9.59 Å². The molecule has 0 aliphatic heterocycles. The van der Waals surface area contributed by atoms with Gasteiger partial charge in [0, 0.05) is 10.6 Å². The Bertz CT molecular complexity index is 828. The molecule has 0 aliphatic carbocycles. The highest BCUT2D eigenvalue weighted by atomic mass is 35.5. The summed E-state index contributed by atoms with van der Waals surface area (Å²) < 4.78 is 0. The Morgan fingerprint density at radius 2 is 1.57 bits per heavy atom. The fraction of sp³-hybridized carbons (Fsp3) is 0.318. The zero-order chi connectivity index (χ0) is 20.7. The molecule has 0 aliphatic rings. The van der Waals surface area contributed by atoms with Gasteiger partial charge in [-0.3, -0.25) is 9.59 Å². The SMILES string of the molecule is CC(C)c1ccc(/C=N/NC(=O)C(NC(=O)c2ccc(Cl)cc2)C(C)C)cc1. The molecule has 1 unspecified atom stereocenters. The highest BCUT2D eigenvalue weighted by Gasteiger charge is 2.24. The maximum atomic E-state index is 12.5. The molecule has 0 heterocycles. The number of halogens is 1. The number of hydrogen-bond acceptors (Lipinski definition) is 3. The molecule has 0 saturated carbocycles. The van der Waals surface area contributed by atoms with Crippen molar-refractivity contribution in [1.29, 1.82) is 0 Å². The molecule has 5 nitrogen and oxygen atoms in total. The maximum Gasteiger partial charge on any atom is 0.262 e. The Morgan fingerprint density at radius 3 is 2.11 bits per heavy atom. The number of carbonyl (C=O) groups excluding carboxylic acids is 2. The van der Waals surface area contributed by atoms with E-state index in [1.165, 1.54) is 5.56 Å². The summed E-state index contributed by atoms with van der Waals surface area (Å²) in [6.45, 7) is 7.99. The van der Waals surface area contributed by atoms with Crippen molar-refractivity contribution in [2.75, 3.05) is 0 Å². The second-order valence-corrected chi connectivity index (χ2v) is 7.69. The number of hydrogen-bond donors (Lipinski definition) is 2. The molecule has 2 aromatic carbocycles. The van der Waals surface area contributed by atoms with Gasteiger partial charge in [0.1, 0.15) is 6.04 Å². The predicted octanol–water partition coefficient (Wildman–Crippen LogP) is 4.37. The molecule has 0 bridgehead atoms. The van der Waals surface area contributed by atoms with Crippen LogP contribution in [0.5, 0.6) is 0 Å². The summed E-state index contributed by atoms with van der Waals surface area (Å²) in [6, 6.07) is 13.8. The number of amides is 2. The molecule has 0 spiro atoms. The molecule has 1 atom stereocenters. The molecule has 0 saturated heterocycles. The zero-order valence-corrected chi connectivity index (χ0v) is 17.3. The standard InChI is InChI=1S/C22H26ClN3O2/c1-14(2)17-7-5-16(6-8-17)13-24-26-22(28)20(15(3)4)25-21(27)18-9-11-19(23)12-10-18/h5-15,20H,1-4H3,(H,25,27)(H,26,28)/b24-13+. The molecule has 28 heavy (non-hydrogen) atoms. The molecule has 0 aromatic heterocycles. The Morgan fingerprint density at radius 1 is 0.964 bits per heavy atom. The van der Waals surface area contributed by atoms with Crippen LogP contribution in [0, 0.1) is 5.92 Å². The van der Waals surface area contributed by atoms with Crippen molar-refractivity contribution in [1.82, 2.24) is 10.7 Å². The molecule has 148 valence electrons. The molecule has 6 heteroatoms. The van der Waals surface area contributed by atoms with Gasteiger partial charge in [0.25, 0.3) is 11.8 Å². The lowest BCUT2D eigenvalue weighted by molar-refractivity contribution is -0.123. The molecule has 2 rings (SSSR count). The van der Waals surface area contributed by atoms with Crippen molar-refractivity contribution in [3.05, 3.63) is 70.2 Å². The monoisotopic (exact) mass is 399 g/mol. The lowest BCUT2D eigenvalue weighted by atomic mass is 10.0. The first kappa shape index (κ1) is 21.6. The third-order valence-electron chi connectivity index (χ3n) is 4.33. The van der Waals surface area contributed by atoms with Crippen LogP contribution < -0.4 is 10.7 Å². The second-order valence-electron chi connectivity index (χ2n) is 7.26. The van der Waals surface area contributed by atoms with Gasteiger partial charge in [-0.05, 0) is 47.2 Å². The largest absolute Gasteiger partial charge is 0.340 e. The van der Waals surface area contributed by atoms with Crippen molar-refractivity contribution in [2.24, 2.45) is 11.0 Å². The van der Waals surface area contributed by atoms with Gasteiger partial charge in [-0.25, -0.2) is 5.43 Å². The minimum atomic E-state index is -0.705. The van der Waals surface area contributed by atoms with Crippen LogP contribution in [0.4, 0.5) is 0 Å². The number of nitrogens with one attached hydrogen (secondary N) is 2. The Labute approximate surface area is 171 Å². The highest BCUT2D eigenvalue weighted by Crippen LogP contribution is 2.14. The highest BCUT2D eigenvalue weighted by molar-refractivity contribution is 6.30. The van der Waals surface area contributed by atoms with Crippen molar-refractivity contribution in [2.45, 2.75) is 39.7 Å². The summed E-state index contributed by atoms with van der Waals surface area (Å²) in [7, 11) is 0.